The third-order valence-corrected chi connectivity index (χ3v) is 6.87. The zero-order valence-corrected chi connectivity index (χ0v) is 15.2. The van der Waals surface area contributed by atoms with E-state index in [2.05, 4.69) is 6.92 Å². The molecule has 2 nitrogen and oxygen atoms in total. The van der Waals surface area contributed by atoms with Crippen LogP contribution < -0.4 is 0 Å². The van der Waals surface area contributed by atoms with Crippen molar-refractivity contribution < 1.29 is 23.1 Å². The van der Waals surface area contributed by atoms with E-state index in [1.54, 1.807) is 0 Å². The van der Waals surface area contributed by atoms with E-state index in [4.69, 9.17) is 0 Å². The molecule has 2 aliphatic rings. The summed E-state index contributed by atoms with van der Waals surface area (Å²) in [5.41, 5.74) is -0.712. The largest absolute Gasteiger partial charge is 0.481 e. The molecule has 0 bridgehead atoms. The summed E-state index contributed by atoms with van der Waals surface area (Å²) < 4.78 is 41.3. The lowest BCUT2D eigenvalue weighted by Gasteiger charge is -2.49. The number of benzene rings is 1. The van der Waals surface area contributed by atoms with Crippen LogP contribution in [0.25, 0.3) is 0 Å². The predicted octanol–water partition coefficient (Wildman–Crippen LogP) is 6.05. The second-order valence-corrected chi connectivity index (χ2v) is 8.08. The molecule has 26 heavy (non-hydrogen) atoms. The van der Waals surface area contributed by atoms with Gasteiger partial charge >= 0.3 is 5.97 Å². The average Bonchev–Trinajstić information content (AvgIpc) is 2.65. The summed E-state index contributed by atoms with van der Waals surface area (Å²) in [4.78, 5) is 12.5. The van der Waals surface area contributed by atoms with Crippen LogP contribution in [-0.4, -0.2) is 11.1 Å². The second-order valence-electron chi connectivity index (χ2n) is 8.08. The Kier molecular flexibility index (Phi) is 5.64. The van der Waals surface area contributed by atoms with Crippen molar-refractivity contribution >= 4 is 5.97 Å². The van der Waals surface area contributed by atoms with Crippen molar-refractivity contribution in [2.45, 2.75) is 70.6 Å². The first-order valence-corrected chi connectivity index (χ1v) is 9.78. The Labute approximate surface area is 152 Å². The van der Waals surface area contributed by atoms with Crippen molar-refractivity contribution in [3.05, 3.63) is 35.1 Å². The molecule has 0 aromatic heterocycles. The van der Waals surface area contributed by atoms with Gasteiger partial charge in [-0.25, -0.2) is 13.2 Å². The van der Waals surface area contributed by atoms with Gasteiger partial charge in [0.25, 0.3) is 0 Å². The molecule has 0 spiro atoms. The maximum Gasteiger partial charge on any atom is 0.310 e. The summed E-state index contributed by atoms with van der Waals surface area (Å²) in [6.07, 6.45) is 7.61. The fourth-order valence-corrected chi connectivity index (χ4v) is 5.40. The van der Waals surface area contributed by atoms with Gasteiger partial charge in [-0.2, -0.15) is 0 Å². The van der Waals surface area contributed by atoms with Crippen LogP contribution in [-0.2, 0) is 4.79 Å². The lowest BCUT2D eigenvalue weighted by atomic mass is 9.53. The molecule has 2 saturated carbocycles. The molecule has 2 fully saturated rings. The maximum atomic E-state index is 13.9. The van der Waals surface area contributed by atoms with Crippen molar-refractivity contribution in [2.75, 3.05) is 0 Å². The van der Waals surface area contributed by atoms with Gasteiger partial charge in [0.05, 0.1) is 5.41 Å². The molecule has 0 aliphatic heterocycles. The lowest BCUT2D eigenvalue weighted by molar-refractivity contribution is -0.159. The Morgan fingerprint density at radius 2 is 1.73 bits per heavy atom. The van der Waals surface area contributed by atoms with Gasteiger partial charge in [-0.3, -0.25) is 4.79 Å². The molecule has 0 radical (unpaired) electrons. The lowest BCUT2D eigenvalue weighted by Crippen LogP contribution is -2.48. The monoisotopic (exact) mass is 368 g/mol. The molecule has 1 unspecified atom stereocenters. The minimum Gasteiger partial charge on any atom is -0.481 e. The van der Waals surface area contributed by atoms with E-state index in [-0.39, 0.29) is 5.92 Å². The van der Waals surface area contributed by atoms with Crippen LogP contribution in [0.4, 0.5) is 13.2 Å². The van der Waals surface area contributed by atoms with Crippen molar-refractivity contribution in [1.29, 1.82) is 0 Å². The summed E-state index contributed by atoms with van der Waals surface area (Å²) in [6.45, 7) is 2.06. The van der Waals surface area contributed by atoms with Crippen molar-refractivity contribution in [3.63, 3.8) is 0 Å². The van der Waals surface area contributed by atoms with Crippen molar-refractivity contribution in [1.82, 2.24) is 0 Å². The minimum atomic E-state index is -1.49. The molecule has 1 aromatic carbocycles. The third-order valence-electron chi connectivity index (χ3n) is 6.87. The van der Waals surface area contributed by atoms with Gasteiger partial charge < -0.3 is 5.11 Å². The summed E-state index contributed by atoms with van der Waals surface area (Å²) in [5, 5.41) is 10.3. The van der Waals surface area contributed by atoms with E-state index in [0.717, 1.165) is 57.1 Å². The number of hydrogen-bond acceptors (Lipinski definition) is 1. The fourth-order valence-electron chi connectivity index (χ4n) is 5.40. The van der Waals surface area contributed by atoms with Crippen LogP contribution in [0.1, 0.15) is 76.2 Å². The standard InChI is InChI=1S/C21H27F3O2/c1-2-13-8-9-21(20(25)26,15-6-4-3-5-7-15)16(10-13)14-11-17(22)19(24)18(23)12-14/h11-13,15-16H,2-10H2,1H3,(H,25,26)/t13-,16?,21-/m1/s1. The number of carbonyl (C=O) groups is 1. The smallest absolute Gasteiger partial charge is 0.310 e. The molecule has 0 heterocycles. The molecule has 3 rings (SSSR count). The first kappa shape index (κ1) is 19.2. The van der Waals surface area contributed by atoms with E-state index in [1.807, 2.05) is 0 Å². The molecule has 5 heteroatoms. The Bertz CT molecular complexity index is 646. The summed E-state index contributed by atoms with van der Waals surface area (Å²) in [5.74, 6) is -4.97. The Morgan fingerprint density at radius 1 is 1.12 bits per heavy atom. The average molecular weight is 368 g/mol. The van der Waals surface area contributed by atoms with Gasteiger partial charge in [0, 0.05) is 5.92 Å². The number of carboxylic acid groups (broad SMARTS) is 1. The molecular weight excluding hydrogens is 341 g/mol. The molecule has 1 aromatic rings. The summed E-state index contributed by atoms with van der Waals surface area (Å²) in [7, 11) is 0. The quantitative estimate of drug-likeness (QED) is 0.657. The number of halogens is 3. The van der Waals surface area contributed by atoms with E-state index in [1.165, 1.54) is 0 Å². The van der Waals surface area contributed by atoms with Crippen LogP contribution >= 0.6 is 0 Å². The molecule has 144 valence electrons. The predicted molar refractivity (Wildman–Crippen MR) is 93.3 cm³/mol. The number of aliphatic carboxylic acids is 1. The zero-order chi connectivity index (χ0) is 18.9. The Morgan fingerprint density at radius 3 is 2.27 bits per heavy atom. The molecular formula is C21H27F3O2. The van der Waals surface area contributed by atoms with Crippen LogP contribution in [0, 0.1) is 34.7 Å². The first-order chi connectivity index (χ1) is 12.4. The van der Waals surface area contributed by atoms with Crippen molar-refractivity contribution in [2.24, 2.45) is 17.3 Å². The third kappa shape index (κ3) is 3.25. The maximum absolute atomic E-state index is 13.9. The van der Waals surface area contributed by atoms with Gasteiger partial charge in [0.15, 0.2) is 17.5 Å². The molecule has 0 saturated heterocycles. The normalized spacial score (nSPS) is 30.3. The van der Waals surface area contributed by atoms with Crippen LogP contribution in [0.2, 0.25) is 0 Å². The van der Waals surface area contributed by atoms with E-state index < -0.39 is 34.8 Å². The highest BCUT2D eigenvalue weighted by Crippen LogP contribution is 2.57. The second kappa shape index (κ2) is 7.61. The molecule has 0 amide bonds. The Hall–Kier alpha value is -1.52. The molecule has 1 N–H and O–H groups in total. The SMILES string of the molecule is CC[C@@H]1CC[C@@](C(=O)O)(C2CCCCC2)C(c2cc(F)c(F)c(F)c2)C1. The molecule has 3 atom stereocenters. The summed E-state index contributed by atoms with van der Waals surface area (Å²) >= 11 is 0. The van der Waals surface area contributed by atoms with Crippen molar-refractivity contribution in [3.8, 4) is 0 Å². The Balaban J connectivity index is 2.09. The van der Waals surface area contributed by atoms with E-state index in [0.29, 0.717) is 24.3 Å². The number of carboxylic acids is 1. The zero-order valence-electron chi connectivity index (χ0n) is 15.2. The van der Waals surface area contributed by atoms with Gasteiger partial charge in [-0.05, 0) is 61.6 Å². The van der Waals surface area contributed by atoms with Gasteiger partial charge in [-0.1, -0.05) is 32.6 Å². The number of rotatable bonds is 4. The van der Waals surface area contributed by atoms with E-state index in [9.17, 15) is 23.1 Å². The van der Waals surface area contributed by atoms with E-state index >= 15 is 0 Å². The molecule has 2 aliphatic carbocycles. The first-order valence-electron chi connectivity index (χ1n) is 9.78. The highest BCUT2D eigenvalue weighted by atomic mass is 19.2. The van der Waals surface area contributed by atoms with Crippen LogP contribution in [0.15, 0.2) is 12.1 Å². The fraction of sp³-hybridized carbons (Fsp3) is 0.667. The van der Waals surface area contributed by atoms with Gasteiger partial charge in [0.1, 0.15) is 0 Å². The number of hydrogen-bond donors (Lipinski definition) is 1. The van der Waals surface area contributed by atoms with Gasteiger partial charge in [-0.15, -0.1) is 0 Å². The highest BCUT2D eigenvalue weighted by molar-refractivity contribution is 5.77. The van der Waals surface area contributed by atoms with Crippen LogP contribution in [0.3, 0.4) is 0 Å². The van der Waals surface area contributed by atoms with Gasteiger partial charge in [0.2, 0.25) is 0 Å². The van der Waals surface area contributed by atoms with Crippen LogP contribution in [0.5, 0.6) is 0 Å². The topological polar surface area (TPSA) is 37.3 Å². The highest BCUT2D eigenvalue weighted by Gasteiger charge is 2.54. The summed E-state index contributed by atoms with van der Waals surface area (Å²) in [6, 6.07) is 2.03. The minimum absolute atomic E-state index is 0.00716.